The summed E-state index contributed by atoms with van der Waals surface area (Å²) in [6, 6.07) is 7.35. The number of rotatable bonds is 9. The third kappa shape index (κ3) is 5.78. The Morgan fingerprint density at radius 2 is 1.44 bits per heavy atom. The van der Waals surface area contributed by atoms with E-state index in [9.17, 15) is 13.0 Å². The van der Waals surface area contributed by atoms with Crippen LogP contribution in [0.25, 0.3) is 17.1 Å². The summed E-state index contributed by atoms with van der Waals surface area (Å²) in [7, 11) is -4.41. The first-order valence-corrected chi connectivity index (χ1v) is 15.7. The van der Waals surface area contributed by atoms with Gasteiger partial charge in [-0.1, -0.05) is 52.5 Å². The van der Waals surface area contributed by atoms with E-state index in [0.29, 0.717) is 33.2 Å². The zero-order valence-electron chi connectivity index (χ0n) is 22.1. The first-order chi connectivity index (χ1) is 18.4. The van der Waals surface area contributed by atoms with Crippen molar-refractivity contribution >= 4 is 85.0 Å². The monoisotopic (exact) mass is 630 g/mol. The third-order valence-electron chi connectivity index (χ3n) is 7.00. The van der Waals surface area contributed by atoms with Crippen LogP contribution < -0.4 is 14.4 Å². The Balaban J connectivity index is 1.81. The van der Waals surface area contributed by atoms with E-state index in [1.807, 2.05) is 47.9 Å². The molecule has 0 N–H and O–H groups in total. The van der Waals surface area contributed by atoms with Crippen molar-refractivity contribution in [2.75, 3.05) is 22.9 Å². The van der Waals surface area contributed by atoms with Crippen LogP contribution in [0, 0.1) is 0 Å². The summed E-state index contributed by atoms with van der Waals surface area (Å²) in [6.07, 6.45) is 6.12. The van der Waals surface area contributed by atoms with Crippen LogP contribution in [0.5, 0.6) is 0 Å². The van der Waals surface area contributed by atoms with Gasteiger partial charge in [0.2, 0.25) is 0 Å². The van der Waals surface area contributed by atoms with Crippen LogP contribution in [-0.2, 0) is 23.2 Å². The molecule has 39 heavy (non-hydrogen) atoms. The highest BCUT2D eigenvalue weighted by Crippen LogP contribution is 2.45. The van der Waals surface area contributed by atoms with Crippen LogP contribution in [0.3, 0.4) is 0 Å². The summed E-state index contributed by atoms with van der Waals surface area (Å²) in [5.41, 5.74) is 3.64. The van der Waals surface area contributed by atoms with E-state index in [0.717, 1.165) is 47.1 Å². The standard InChI is InChI=1S/C27H30Cl4N4O3S/c1-5-32-22-13-18(28)19(29)14-23(22)33(6-2)26(32)9-8-10-27-34(7-3)24-15-20(30)21(31)16-25(24)35(27)12-11-17(4)39(36,37)38/h8-10,13-17H,5-7,11-12H2,1-4H3. The number of hydrogen-bond acceptors (Lipinski definition) is 5. The van der Waals surface area contributed by atoms with Crippen LogP contribution in [0.1, 0.15) is 39.9 Å². The van der Waals surface area contributed by atoms with E-state index in [1.165, 1.54) is 6.92 Å². The zero-order chi connectivity index (χ0) is 28.6. The lowest BCUT2D eigenvalue weighted by Crippen LogP contribution is -2.38. The predicted molar refractivity (Wildman–Crippen MR) is 161 cm³/mol. The van der Waals surface area contributed by atoms with Crippen molar-refractivity contribution in [3.8, 4) is 0 Å². The van der Waals surface area contributed by atoms with Crippen molar-refractivity contribution < 1.29 is 17.5 Å². The minimum atomic E-state index is -4.41. The Morgan fingerprint density at radius 3 is 1.95 bits per heavy atom. The van der Waals surface area contributed by atoms with Gasteiger partial charge in [0, 0.05) is 37.7 Å². The number of anilines is 2. The predicted octanol–water partition coefficient (Wildman–Crippen LogP) is 7.11. The minimum absolute atomic E-state index is 0.158. The van der Waals surface area contributed by atoms with Gasteiger partial charge >= 0.3 is 0 Å². The second-order valence-corrected chi connectivity index (χ2v) is 12.6. The fourth-order valence-electron chi connectivity index (χ4n) is 4.97. The lowest BCUT2D eigenvalue weighted by molar-refractivity contribution is -0.674. The Labute approximate surface area is 249 Å². The van der Waals surface area contributed by atoms with Gasteiger partial charge in [-0.3, -0.25) is 0 Å². The van der Waals surface area contributed by atoms with Crippen molar-refractivity contribution in [3.63, 3.8) is 0 Å². The molecule has 0 spiro atoms. The number of aryl methyl sites for hydroxylation is 2. The van der Waals surface area contributed by atoms with Gasteiger partial charge in [0.15, 0.2) is 11.0 Å². The third-order valence-corrected chi connectivity index (χ3v) is 9.66. The van der Waals surface area contributed by atoms with Gasteiger partial charge in [0.1, 0.15) is 5.82 Å². The molecule has 0 bridgehead atoms. The maximum absolute atomic E-state index is 11.6. The number of hydrogen-bond donors (Lipinski definition) is 0. The van der Waals surface area contributed by atoms with E-state index in [1.54, 1.807) is 6.07 Å². The van der Waals surface area contributed by atoms with Gasteiger partial charge < -0.3 is 14.4 Å². The molecule has 1 unspecified atom stereocenters. The van der Waals surface area contributed by atoms with Crippen LogP contribution in [0.4, 0.5) is 11.4 Å². The number of benzene rings is 2. The molecule has 1 aromatic heterocycles. The minimum Gasteiger partial charge on any atom is -0.748 e. The molecule has 0 radical (unpaired) electrons. The van der Waals surface area contributed by atoms with E-state index >= 15 is 0 Å². The highest BCUT2D eigenvalue weighted by Gasteiger charge is 2.30. The smallest absolute Gasteiger partial charge is 0.282 e. The van der Waals surface area contributed by atoms with Gasteiger partial charge in [-0.25, -0.2) is 17.6 Å². The van der Waals surface area contributed by atoms with Crippen molar-refractivity contribution in [1.82, 2.24) is 4.57 Å². The number of nitrogens with zero attached hydrogens (tertiary/aromatic N) is 4. The molecule has 1 atom stereocenters. The maximum Gasteiger partial charge on any atom is 0.282 e. The molecule has 2 heterocycles. The molecule has 1 aliphatic heterocycles. The molecular weight excluding hydrogens is 602 g/mol. The number of halogens is 4. The van der Waals surface area contributed by atoms with Crippen molar-refractivity contribution in [2.24, 2.45) is 0 Å². The second kappa shape index (κ2) is 11.9. The first kappa shape index (κ1) is 30.0. The van der Waals surface area contributed by atoms with Crippen molar-refractivity contribution in [3.05, 3.63) is 68.2 Å². The van der Waals surface area contributed by atoms with E-state index in [4.69, 9.17) is 46.4 Å². The summed E-state index contributed by atoms with van der Waals surface area (Å²) in [4.78, 5) is 4.35. The van der Waals surface area contributed by atoms with Crippen LogP contribution in [-0.4, -0.2) is 35.9 Å². The Bertz CT molecular complexity index is 1540. The second-order valence-electron chi connectivity index (χ2n) is 9.23. The molecule has 0 fully saturated rings. The average Bonchev–Trinajstić information content (AvgIpc) is 3.32. The van der Waals surface area contributed by atoms with Crippen molar-refractivity contribution in [2.45, 2.75) is 52.5 Å². The van der Waals surface area contributed by atoms with Crippen LogP contribution in [0.15, 0.2) is 42.2 Å². The highest BCUT2D eigenvalue weighted by atomic mass is 35.5. The fraction of sp³-hybridized carbons (Fsp3) is 0.370. The summed E-state index contributed by atoms with van der Waals surface area (Å²) in [5.74, 6) is 1.80. The van der Waals surface area contributed by atoms with Crippen LogP contribution >= 0.6 is 46.4 Å². The molecule has 210 valence electrons. The van der Waals surface area contributed by atoms with Gasteiger partial charge in [-0.15, -0.1) is 0 Å². The molecule has 2 aromatic carbocycles. The average molecular weight is 632 g/mol. The van der Waals surface area contributed by atoms with Crippen molar-refractivity contribution in [1.29, 1.82) is 0 Å². The lowest BCUT2D eigenvalue weighted by atomic mass is 10.2. The molecule has 0 saturated carbocycles. The molecular formula is C27H30Cl4N4O3S. The Morgan fingerprint density at radius 1 is 0.897 bits per heavy atom. The molecule has 3 aromatic rings. The maximum atomic E-state index is 11.6. The molecule has 4 rings (SSSR count). The SMILES string of the molecule is CCN1C(=CC=Cc2n(CC)c3cc(Cl)c(Cl)cc3[n+]2CCC(C)S(=O)(=O)[O-])N(CC)c2cc(Cl)c(Cl)cc21. The normalized spacial score (nSPS) is 14.6. The molecule has 0 saturated heterocycles. The number of aromatic nitrogens is 2. The van der Waals surface area contributed by atoms with Crippen LogP contribution in [0.2, 0.25) is 20.1 Å². The summed E-state index contributed by atoms with van der Waals surface area (Å²) < 4.78 is 38.8. The fourth-order valence-corrected chi connectivity index (χ4v) is 5.99. The summed E-state index contributed by atoms with van der Waals surface area (Å²) in [5, 5.41) is 0.795. The first-order valence-electron chi connectivity index (χ1n) is 12.7. The molecule has 12 heteroatoms. The van der Waals surface area contributed by atoms with Gasteiger partial charge in [0.05, 0.1) is 59.9 Å². The topological polar surface area (TPSA) is 72.5 Å². The number of imidazole rings is 1. The quantitative estimate of drug-likeness (QED) is 0.186. The van der Waals surface area contributed by atoms with E-state index in [-0.39, 0.29) is 6.42 Å². The van der Waals surface area contributed by atoms with E-state index < -0.39 is 15.4 Å². The van der Waals surface area contributed by atoms with Gasteiger partial charge in [-0.05, 0) is 45.9 Å². The van der Waals surface area contributed by atoms with Gasteiger partial charge in [-0.2, -0.15) is 0 Å². The van der Waals surface area contributed by atoms with Gasteiger partial charge in [0.25, 0.3) is 5.82 Å². The highest BCUT2D eigenvalue weighted by molar-refractivity contribution is 7.86. The van der Waals surface area contributed by atoms with E-state index in [2.05, 4.69) is 28.2 Å². The number of allylic oxidation sites excluding steroid dienone is 2. The molecule has 7 nitrogen and oxygen atoms in total. The Hall–Kier alpha value is -1.94. The zero-order valence-corrected chi connectivity index (χ0v) is 25.9. The summed E-state index contributed by atoms with van der Waals surface area (Å²) >= 11 is 25.4. The molecule has 0 amide bonds. The lowest BCUT2D eigenvalue weighted by Gasteiger charge is -2.23. The summed E-state index contributed by atoms with van der Waals surface area (Å²) in [6.45, 7) is 10.0. The number of fused-ring (bicyclic) bond motifs is 2. The molecule has 1 aliphatic rings. The molecule has 0 aliphatic carbocycles. The largest absolute Gasteiger partial charge is 0.748 e. The Kier molecular flexibility index (Phi) is 9.15.